The molecule has 0 atom stereocenters. The van der Waals surface area contributed by atoms with E-state index in [9.17, 15) is 4.79 Å². The fourth-order valence-electron chi connectivity index (χ4n) is 3.97. The fourth-order valence-corrected chi connectivity index (χ4v) is 3.97. The van der Waals surface area contributed by atoms with Gasteiger partial charge in [0.25, 0.3) is 5.91 Å². The molecule has 3 N–H and O–H groups in total. The van der Waals surface area contributed by atoms with Gasteiger partial charge in [0.1, 0.15) is 0 Å². The molecule has 3 heterocycles. The maximum absolute atomic E-state index is 12.7. The van der Waals surface area contributed by atoms with E-state index in [1.165, 1.54) is 0 Å². The summed E-state index contributed by atoms with van der Waals surface area (Å²) in [4.78, 5) is 34.4. The van der Waals surface area contributed by atoms with Gasteiger partial charge >= 0.3 is 0 Å². The molecule has 1 amide bonds. The molecule has 0 bridgehead atoms. The highest BCUT2D eigenvalue weighted by Crippen LogP contribution is 2.31. The van der Waals surface area contributed by atoms with Crippen LogP contribution in [0.2, 0.25) is 0 Å². The zero-order valence-corrected chi connectivity index (χ0v) is 17.4. The number of likely N-dealkylation sites (N-methyl/N-ethyl adjacent to an activating group) is 1. The molecule has 2 aliphatic rings. The van der Waals surface area contributed by atoms with Crippen LogP contribution in [0.15, 0.2) is 36.7 Å². The van der Waals surface area contributed by atoms with E-state index in [1.54, 1.807) is 12.4 Å². The van der Waals surface area contributed by atoms with Crippen molar-refractivity contribution in [3.8, 4) is 11.3 Å². The second-order valence-electron chi connectivity index (χ2n) is 7.95. The topological polar surface area (TPSA) is 113 Å². The summed E-state index contributed by atoms with van der Waals surface area (Å²) in [5.74, 6) is 0.840. The molecule has 1 aliphatic heterocycles. The van der Waals surface area contributed by atoms with Gasteiger partial charge in [-0.25, -0.2) is 19.9 Å². The Kier molecular flexibility index (Phi) is 4.95. The third-order valence-corrected chi connectivity index (χ3v) is 5.82. The monoisotopic (exact) mass is 416 g/mol. The van der Waals surface area contributed by atoms with E-state index in [0.717, 1.165) is 67.2 Å². The number of hydrogen-bond donors (Lipinski definition) is 2. The number of nitrogens with one attached hydrogen (secondary N) is 1. The Hall–Kier alpha value is -3.59. The van der Waals surface area contributed by atoms with Gasteiger partial charge in [-0.1, -0.05) is 0 Å². The van der Waals surface area contributed by atoms with Crippen LogP contribution in [0.1, 0.15) is 21.6 Å². The van der Waals surface area contributed by atoms with Crippen molar-refractivity contribution in [1.29, 1.82) is 0 Å². The Labute approximate surface area is 180 Å². The van der Waals surface area contributed by atoms with Gasteiger partial charge in [-0.2, -0.15) is 0 Å². The van der Waals surface area contributed by atoms with Crippen molar-refractivity contribution in [3.63, 3.8) is 0 Å². The summed E-state index contributed by atoms with van der Waals surface area (Å²) in [5, 5.41) is 3.23. The summed E-state index contributed by atoms with van der Waals surface area (Å²) in [6.45, 7) is 3.34. The third kappa shape index (κ3) is 3.91. The molecule has 31 heavy (non-hydrogen) atoms. The zero-order valence-electron chi connectivity index (χ0n) is 17.4. The predicted molar refractivity (Wildman–Crippen MR) is 118 cm³/mol. The van der Waals surface area contributed by atoms with Crippen molar-refractivity contribution in [1.82, 2.24) is 29.7 Å². The van der Waals surface area contributed by atoms with Crippen LogP contribution in [0.4, 0.5) is 17.6 Å². The number of anilines is 3. The van der Waals surface area contributed by atoms with Crippen molar-refractivity contribution in [2.75, 3.05) is 44.3 Å². The first-order chi connectivity index (χ1) is 15.1. The second kappa shape index (κ2) is 7.92. The minimum Gasteiger partial charge on any atom is -0.368 e. The minimum absolute atomic E-state index is 0.0737. The third-order valence-electron chi connectivity index (χ3n) is 5.82. The molecule has 9 heteroatoms. The summed E-state index contributed by atoms with van der Waals surface area (Å²) in [6, 6.07) is 7.46. The number of nitrogens with zero attached hydrogens (tertiary/aromatic N) is 6. The predicted octanol–water partition coefficient (Wildman–Crippen LogP) is 1.75. The molecule has 5 rings (SSSR count). The van der Waals surface area contributed by atoms with Crippen LogP contribution >= 0.6 is 0 Å². The van der Waals surface area contributed by atoms with Gasteiger partial charge in [0.15, 0.2) is 0 Å². The second-order valence-corrected chi connectivity index (χ2v) is 7.95. The van der Waals surface area contributed by atoms with Crippen molar-refractivity contribution >= 4 is 23.5 Å². The average molecular weight is 416 g/mol. The lowest BCUT2D eigenvalue weighted by Gasteiger charge is -2.32. The quantitative estimate of drug-likeness (QED) is 0.664. The molecule has 0 saturated carbocycles. The van der Waals surface area contributed by atoms with E-state index >= 15 is 0 Å². The van der Waals surface area contributed by atoms with Crippen LogP contribution in [0.5, 0.6) is 0 Å². The molecule has 3 aromatic rings. The number of carbonyl (C=O) groups is 1. The number of aromatic nitrogens is 4. The maximum Gasteiger partial charge on any atom is 0.253 e. The Balaban J connectivity index is 1.30. The number of aryl methyl sites for hydroxylation is 2. The highest BCUT2D eigenvalue weighted by Gasteiger charge is 2.22. The van der Waals surface area contributed by atoms with E-state index in [4.69, 9.17) is 5.73 Å². The first-order valence-corrected chi connectivity index (χ1v) is 10.4. The number of benzene rings is 1. The van der Waals surface area contributed by atoms with Crippen molar-refractivity contribution in [3.05, 3.63) is 53.5 Å². The molecular weight excluding hydrogens is 392 g/mol. The minimum atomic E-state index is 0.0737. The number of carbonyl (C=O) groups excluding carboxylic acids is 1. The fraction of sp³-hybridized carbons (Fsp3) is 0.318. The van der Waals surface area contributed by atoms with E-state index in [-0.39, 0.29) is 11.9 Å². The van der Waals surface area contributed by atoms with E-state index in [1.807, 2.05) is 29.2 Å². The Morgan fingerprint density at radius 1 is 1.00 bits per heavy atom. The van der Waals surface area contributed by atoms with Crippen molar-refractivity contribution in [2.45, 2.75) is 12.8 Å². The number of rotatable bonds is 3. The average Bonchev–Trinajstić information content (AvgIpc) is 2.79. The number of hydrogen-bond acceptors (Lipinski definition) is 8. The standard InChI is InChI=1S/C22H24N8O/c1-29-8-10-30(11-9-29)20(31)14-2-5-16(6-3-14)26-22-25-13-17-18(27-22)7-4-15-12-24-21(23)28-19(15)17/h2-3,5-6,12-13H,4,7-11H2,1H3,(H2,23,24,28)(H,25,26,27). The van der Waals surface area contributed by atoms with Crippen LogP contribution < -0.4 is 11.1 Å². The van der Waals surface area contributed by atoms with Crippen LogP contribution in [0.25, 0.3) is 11.3 Å². The van der Waals surface area contributed by atoms with Gasteiger partial charge in [0.05, 0.1) is 11.4 Å². The molecule has 0 unspecified atom stereocenters. The maximum atomic E-state index is 12.7. The lowest BCUT2D eigenvalue weighted by molar-refractivity contribution is 0.0664. The summed E-state index contributed by atoms with van der Waals surface area (Å²) in [7, 11) is 2.08. The van der Waals surface area contributed by atoms with Crippen LogP contribution in [0.3, 0.4) is 0 Å². The SMILES string of the molecule is CN1CCN(C(=O)c2ccc(Nc3ncc4c(n3)CCc3cnc(N)nc3-4)cc2)CC1. The lowest BCUT2D eigenvalue weighted by Crippen LogP contribution is -2.47. The smallest absolute Gasteiger partial charge is 0.253 e. The molecule has 1 aromatic carbocycles. The zero-order chi connectivity index (χ0) is 21.4. The van der Waals surface area contributed by atoms with Gasteiger partial charge in [-0.05, 0) is 49.7 Å². The number of fused-ring (bicyclic) bond motifs is 3. The first-order valence-electron chi connectivity index (χ1n) is 10.4. The molecular formula is C22H24N8O. The van der Waals surface area contributed by atoms with Crippen molar-refractivity contribution < 1.29 is 4.79 Å². The van der Waals surface area contributed by atoms with Gasteiger partial charge in [0, 0.05) is 55.4 Å². The molecule has 1 fully saturated rings. The van der Waals surface area contributed by atoms with E-state index in [0.29, 0.717) is 11.5 Å². The normalized spacial score (nSPS) is 15.8. The molecule has 2 aromatic heterocycles. The summed E-state index contributed by atoms with van der Waals surface area (Å²) >= 11 is 0. The number of amides is 1. The van der Waals surface area contributed by atoms with Gasteiger partial charge in [-0.3, -0.25) is 4.79 Å². The molecule has 0 spiro atoms. The van der Waals surface area contributed by atoms with Gasteiger partial charge in [0.2, 0.25) is 11.9 Å². The molecule has 9 nitrogen and oxygen atoms in total. The first kappa shape index (κ1) is 19.4. The van der Waals surface area contributed by atoms with E-state index < -0.39 is 0 Å². The summed E-state index contributed by atoms with van der Waals surface area (Å²) in [5.41, 5.74) is 11.0. The van der Waals surface area contributed by atoms with Crippen LogP contribution in [0, 0.1) is 0 Å². The van der Waals surface area contributed by atoms with Crippen LogP contribution in [-0.4, -0.2) is 68.9 Å². The Bertz CT molecular complexity index is 1120. The summed E-state index contributed by atoms with van der Waals surface area (Å²) < 4.78 is 0. The highest BCUT2D eigenvalue weighted by molar-refractivity contribution is 5.94. The summed E-state index contributed by atoms with van der Waals surface area (Å²) in [6.07, 6.45) is 5.17. The molecule has 1 saturated heterocycles. The van der Waals surface area contributed by atoms with Gasteiger partial charge < -0.3 is 20.9 Å². The molecule has 1 aliphatic carbocycles. The highest BCUT2D eigenvalue weighted by atomic mass is 16.2. The largest absolute Gasteiger partial charge is 0.368 e. The van der Waals surface area contributed by atoms with Crippen molar-refractivity contribution in [2.24, 2.45) is 0 Å². The Morgan fingerprint density at radius 2 is 1.77 bits per heavy atom. The molecule has 158 valence electrons. The van der Waals surface area contributed by atoms with Gasteiger partial charge in [-0.15, -0.1) is 0 Å². The Morgan fingerprint density at radius 3 is 2.55 bits per heavy atom. The van der Waals surface area contributed by atoms with Crippen LogP contribution in [-0.2, 0) is 12.8 Å². The number of nitrogens with two attached hydrogens (primary N) is 1. The van der Waals surface area contributed by atoms with E-state index in [2.05, 4.69) is 37.2 Å². The molecule has 0 radical (unpaired) electrons. The lowest BCUT2D eigenvalue weighted by atomic mass is 9.95. The number of nitrogen functional groups attached to an aromatic ring is 1. The number of piperazine rings is 1.